The van der Waals surface area contributed by atoms with E-state index in [9.17, 15) is 4.79 Å². The summed E-state index contributed by atoms with van der Waals surface area (Å²) < 4.78 is 5.33. The number of likely N-dealkylation sites (N-methyl/N-ethyl adjacent to an activating group) is 1. The van der Waals surface area contributed by atoms with Crippen LogP contribution in [0.25, 0.3) is 10.2 Å². The Kier molecular flexibility index (Phi) is 5.30. The molecule has 132 valence electrons. The van der Waals surface area contributed by atoms with Gasteiger partial charge in [0.25, 0.3) is 5.91 Å². The average Bonchev–Trinajstić information content (AvgIpc) is 3.25. The minimum Gasteiger partial charge on any atom is -0.467 e. The maximum Gasteiger partial charge on any atom is 0.264 e. The quantitative estimate of drug-likeness (QED) is 0.673. The van der Waals surface area contributed by atoms with Crippen LogP contribution in [0.1, 0.15) is 27.9 Å². The van der Waals surface area contributed by atoms with Crippen LogP contribution in [0.5, 0.6) is 0 Å². The fourth-order valence-corrected chi connectivity index (χ4v) is 3.78. The molecule has 0 aliphatic carbocycles. The molecule has 25 heavy (non-hydrogen) atoms. The maximum absolute atomic E-state index is 12.8. The number of hydrogen-bond acceptors (Lipinski definition) is 7. The Morgan fingerprint density at radius 3 is 2.96 bits per heavy atom. The monoisotopic (exact) mass is 360 g/mol. The van der Waals surface area contributed by atoms with Gasteiger partial charge >= 0.3 is 0 Å². The zero-order valence-corrected chi connectivity index (χ0v) is 15.0. The second-order valence-corrected chi connectivity index (χ2v) is 6.50. The Hall–Kier alpha value is -2.45. The first-order chi connectivity index (χ1) is 12.2. The Morgan fingerprint density at radius 1 is 1.44 bits per heavy atom. The van der Waals surface area contributed by atoms with Crippen molar-refractivity contribution in [3.63, 3.8) is 0 Å². The van der Waals surface area contributed by atoms with Crippen LogP contribution in [0.3, 0.4) is 0 Å². The van der Waals surface area contributed by atoms with Gasteiger partial charge in [-0.2, -0.15) is 0 Å². The van der Waals surface area contributed by atoms with Gasteiger partial charge in [0.05, 0.1) is 29.7 Å². The highest BCUT2D eigenvalue weighted by molar-refractivity contribution is 7.20. The molecule has 0 bridgehead atoms. The van der Waals surface area contributed by atoms with Crippen molar-refractivity contribution >= 4 is 33.3 Å². The third kappa shape index (κ3) is 3.49. The first-order valence-corrected chi connectivity index (χ1v) is 8.87. The molecule has 0 atom stereocenters. The highest BCUT2D eigenvalue weighted by atomic mass is 32.1. The molecule has 0 saturated carbocycles. The minimum atomic E-state index is -0.0889. The van der Waals surface area contributed by atoms with E-state index in [0.717, 1.165) is 21.5 Å². The SMILES string of the molecule is CCN(CCO)C(=O)c1sc2ncnc(NCc3ccco3)c2c1C. The van der Waals surface area contributed by atoms with E-state index in [1.54, 1.807) is 11.2 Å². The summed E-state index contributed by atoms with van der Waals surface area (Å²) in [6.45, 7) is 5.11. The molecular formula is C17H20N4O3S. The summed E-state index contributed by atoms with van der Waals surface area (Å²) in [7, 11) is 0. The number of hydrogen-bond donors (Lipinski definition) is 2. The number of nitrogens with one attached hydrogen (secondary N) is 1. The van der Waals surface area contributed by atoms with Crippen molar-refractivity contribution in [2.45, 2.75) is 20.4 Å². The number of aryl methyl sites for hydroxylation is 1. The van der Waals surface area contributed by atoms with Crippen LogP contribution in [0.2, 0.25) is 0 Å². The normalized spacial score (nSPS) is 11.0. The largest absolute Gasteiger partial charge is 0.467 e. The van der Waals surface area contributed by atoms with Gasteiger partial charge in [-0.05, 0) is 31.5 Å². The molecule has 0 aromatic carbocycles. The summed E-state index contributed by atoms with van der Waals surface area (Å²) >= 11 is 1.35. The lowest BCUT2D eigenvalue weighted by atomic mass is 10.2. The van der Waals surface area contributed by atoms with Crippen molar-refractivity contribution < 1.29 is 14.3 Å². The molecule has 0 spiro atoms. The number of nitrogens with zero attached hydrogens (tertiary/aromatic N) is 3. The molecule has 0 aliphatic heterocycles. The van der Waals surface area contributed by atoms with Gasteiger partial charge in [-0.25, -0.2) is 9.97 Å². The van der Waals surface area contributed by atoms with E-state index in [1.165, 1.54) is 17.7 Å². The molecule has 8 heteroatoms. The lowest BCUT2D eigenvalue weighted by Gasteiger charge is -2.19. The van der Waals surface area contributed by atoms with E-state index in [4.69, 9.17) is 9.52 Å². The fourth-order valence-electron chi connectivity index (χ4n) is 2.66. The van der Waals surface area contributed by atoms with Gasteiger partial charge in [0.1, 0.15) is 22.7 Å². The van der Waals surface area contributed by atoms with Crippen molar-refractivity contribution in [2.24, 2.45) is 0 Å². The molecule has 7 nitrogen and oxygen atoms in total. The third-order valence-electron chi connectivity index (χ3n) is 3.97. The van der Waals surface area contributed by atoms with E-state index in [-0.39, 0.29) is 12.5 Å². The molecule has 0 fully saturated rings. The van der Waals surface area contributed by atoms with Crippen LogP contribution in [0.4, 0.5) is 5.82 Å². The summed E-state index contributed by atoms with van der Waals surface area (Å²) in [5, 5.41) is 13.2. The third-order valence-corrected chi connectivity index (χ3v) is 5.16. The standard InChI is InChI=1S/C17H20N4O3S/c1-3-21(6-7-22)17(23)14-11(2)13-15(19-10-20-16(13)25-14)18-9-12-5-4-8-24-12/h4-5,8,10,22H,3,6-7,9H2,1-2H3,(H,18,19,20). The zero-order chi connectivity index (χ0) is 17.8. The van der Waals surface area contributed by atoms with Crippen molar-refractivity contribution in [1.82, 2.24) is 14.9 Å². The summed E-state index contributed by atoms with van der Waals surface area (Å²) in [5.41, 5.74) is 0.851. The van der Waals surface area contributed by atoms with Gasteiger partial charge in [0.2, 0.25) is 0 Å². The molecule has 3 heterocycles. The van der Waals surface area contributed by atoms with Crippen molar-refractivity contribution in [2.75, 3.05) is 25.0 Å². The van der Waals surface area contributed by atoms with Gasteiger partial charge in [0, 0.05) is 13.1 Å². The number of furan rings is 1. The number of aliphatic hydroxyl groups excluding tert-OH is 1. The average molecular weight is 360 g/mol. The van der Waals surface area contributed by atoms with Crippen LogP contribution in [-0.4, -0.2) is 45.6 Å². The molecule has 0 radical (unpaired) electrons. The number of carbonyl (C=O) groups is 1. The Morgan fingerprint density at radius 2 is 2.28 bits per heavy atom. The van der Waals surface area contributed by atoms with Gasteiger partial charge in [-0.15, -0.1) is 11.3 Å². The molecule has 0 aliphatic rings. The number of fused-ring (bicyclic) bond motifs is 1. The van der Waals surface area contributed by atoms with Crippen LogP contribution in [0, 0.1) is 6.92 Å². The van der Waals surface area contributed by atoms with E-state index >= 15 is 0 Å². The van der Waals surface area contributed by atoms with Gasteiger partial charge in [0.15, 0.2) is 0 Å². The van der Waals surface area contributed by atoms with Gasteiger partial charge in [-0.1, -0.05) is 0 Å². The Labute approximate surface area is 149 Å². The van der Waals surface area contributed by atoms with E-state index in [0.29, 0.717) is 30.3 Å². The van der Waals surface area contributed by atoms with E-state index in [1.807, 2.05) is 26.0 Å². The maximum atomic E-state index is 12.8. The first-order valence-electron chi connectivity index (χ1n) is 8.06. The lowest BCUT2D eigenvalue weighted by molar-refractivity contribution is 0.0736. The molecule has 3 aromatic rings. The molecular weight excluding hydrogens is 340 g/mol. The topological polar surface area (TPSA) is 91.5 Å². The highest BCUT2D eigenvalue weighted by Crippen LogP contribution is 2.34. The number of carbonyl (C=O) groups excluding carboxylic acids is 1. The number of aromatic nitrogens is 2. The number of aliphatic hydroxyl groups is 1. The molecule has 2 N–H and O–H groups in total. The smallest absolute Gasteiger partial charge is 0.264 e. The summed E-state index contributed by atoms with van der Waals surface area (Å²) in [6, 6.07) is 3.72. The van der Waals surface area contributed by atoms with E-state index < -0.39 is 0 Å². The fraction of sp³-hybridized carbons (Fsp3) is 0.353. The second kappa shape index (κ2) is 7.62. The molecule has 3 aromatic heterocycles. The lowest BCUT2D eigenvalue weighted by Crippen LogP contribution is -2.33. The number of rotatable bonds is 7. The minimum absolute atomic E-state index is 0.0563. The van der Waals surface area contributed by atoms with Crippen molar-refractivity contribution in [3.8, 4) is 0 Å². The summed E-state index contributed by atoms with van der Waals surface area (Å²) in [4.78, 5) is 24.4. The highest BCUT2D eigenvalue weighted by Gasteiger charge is 2.22. The molecule has 0 saturated heterocycles. The number of thiophene rings is 1. The van der Waals surface area contributed by atoms with Crippen molar-refractivity contribution in [1.29, 1.82) is 0 Å². The first kappa shape index (κ1) is 17.4. The van der Waals surface area contributed by atoms with Gasteiger partial charge in [-0.3, -0.25) is 4.79 Å². The number of amides is 1. The number of anilines is 1. The van der Waals surface area contributed by atoms with Crippen LogP contribution < -0.4 is 5.32 Å². The van der Waals surface area contributed by atoms with Crippen LogP contribution in [0.15, 0.2) is 29.1 Å². The molecule has 3 rings (SSSR count). The Balaban J connectivity index is 1.93. The predicted octanol–water partition coefficient (Wildman–Crippen LogP) is 2.66. The van der Waals surface area contributed by atoms with Crippen molar-refractivity contribution in [3.05, 3.63) is 40.9 Å². The zero-order valence-electron chi connectivity index (χ0n) is 14.2. The predicted molar refractivity (Wildman–Crippen MR) is 96.9 cm³/mol. The van der Waals surface area contributed by atoms with Gasteiger partial charge < -0.3 is 19.7 Å². The summed E-state index contributed by atoms with van der Waals surface area (Å²) in [6.07, 6.45) is 3.11. The Bertz CT molecular complexity index is 860. The molecule has 0 unspecified atom stereocenters. The van der Waals surface area contributed by atoms with E-state index in [2.05, 4.69) is 15.3 Å². The summed E-state index contributed by atoms with van der Waals surface area (Å²) in [5.74, 6) is 1.39. The second-order valence-electron chi connectivity index (χ2n) is 5.50. The van der Waals surface area contributed by atoms with Crippen LogP contribution in [-0.2, 0) is 6.54 Å². The van der Waals surface area contributed by atoms with Crippen LogP contribution >= 0.6 is 11.3 Å². The molecule has 1 amide bonds.